The Labute approximate surface area is 109 Å². The monoisotopic (exact) mass is 270 g/mol. The summed E-state index contributed by atoms with van der Waals surface area (Å²) in [5.74, 6) is -0.366. The second kappa shape index (κ2) is 6.08. The molecule has 0 spiro atoms. The predicted molar refractivity (Wildman–Crippen MR) is 65.8 cm³/mol. The molecule has 1 aromatic carbocycles. The Balaban J connectivity index is 1.89. The molecule has 0 aromatic heterocycles. The Morgan fingerprint density at radius 2 is 2.11 bits per heavy atom. The van der Waals surface area contributed by atoms with Crippen LogP contribution in [0.15, 0.2) is 24.3 Å². The van der Waals surface area contributed by atoms with Crippen LogP contribution < -0.4 is 10.6 Å². The van der Waals surface area contributed by atoms with Gasteiger partial charge in [-0.05, 0) is 17.5 Å². The minimum Gasteiger partial charge on any atom is -0.385 e. The van der Waals surface area contributed by atoms with E-state index in [0.717, 1.165) is 11.1 Å². The van der Waals surface area contributed by atoms with Gasteiger partial charge in [0.1, 0.15) is 6.10 Å². The van der Waals surface area contributed by atoms with Crippen LogP contribution in [-0.2, 0) is 17.8 Å². The zero-order valence-corrected chi connectivity index (χ0v) is 10.3. The molecule has 1 unspecified atom stereocenters. The third-order valence-corrected chi connectivity index (χ3v) is 3.17. The number of amides is 1. The maximum Gasteiger partial charge on any atom is 0.265 e. The molecule has 1 aliphatic heterocycles. The van der Waals surface area contributed by atoms with Crippen molar-refractivity contribution in [3.63, 3.8) is 0 Å². The van der Waals surface area contributed by atoms with Crippen molar-refractivity contribution in [3.05, 3.63) is 35.4 Å². The first kappa shape index (κ1) is 13.9. The molecular weight excluding hydrogens is 254 g/mol. The predicted octanol–water partition coefficient (Wildman–Crippen LogP) is 0.443. The summed E-state index contributed by atoms with van der Waals surface area (Å²) in [6.07, 6.45) is -4.15. The van der Waals surface area contributed by atoms with Crippen LogP contribution in [0.1, 0.15) is 11.1 Å². The third-order valence-electron chi connectivity index (χ3n) is 3.17. The van der Waals surface area contributed by atoms with Gasteiger partial charge in [-0.3, -0.25) is 4.79 Å². The lowest BCUT2D eigenvalue weighted by atomic mass is 9.95. The molecule has 1 amide bonds. The number of benzene rings is 1. The third kappa shape index (κ3) is 3.48. The molecule has 2 atom stereocenters. The zero-order valence-electron chi connectivity index (χ0n) is 10.3. The molecule has 3 N–H and O–H groups in total. The van der Waals surface area contributed by atoms with Gasteiger partial charge in [0, 0.05) is 13.1 Å². The minimum absolute atomic E-state index is 0.366. The molecule has 6 heteroatoms. The number of aliphatic hydroxyl groups is 1. The number of aliphatic hydroxyl groups excluding tert-OH is 1. The molecule has 0 aliphatic carbocycles. The van der Waals surface area contributed by atoms with E-state index in [4.69, 9.17) is 5.11 Å². The summed E-state index contributed by atoms with van der Waals surface area (Å²) in [7, 11) is 0. The van der Waals surface area contributed by atoms with Crippen LogP contribution in [0, 0.1) is 0 Å². The Kier molecular flexibility index (Phi) is 4.44. The highest BCUT2D eigenvalue weighted by atomic mass is 19.3. The minimum atomic E-state index is -2.85. The average Bonchev–Trinajstić information content (AvgIpc) is 2.43. The van der Waals surface area contributed by atoms with Gasteiger partial charge in [0.2, 0.25) is 5.91 Å². The number of carbonyl (C=O) groups is 1. The lowest BCUT2D eigenvalue weighted by molar-refractivity contribution is -0.124. The molecule has 1 aromatic rings. The smallest absolute Gasteiger partial charge is 0.265 e. The van der Waals surface area contributed by atoms with E-state index in [1.807, 2.05) is 24.3 Å². The lowest BCUT2D eigenvalue weighted by Crippen LogP contribution is -2.49. The highest BCUT2D eigenvalue weighted by molar-refractivity contribution is 5.82. The Bertz CT molecular complexity index is 454. The van der Waals surface area contributed by atoms with Crippen LogP contribution >= 0.6 is 0 Å². The van der Waals surface area contributed by atoms with Gasteiger partial charge >= 0.3 is 0 Å². The number of hydrogen-bond donors (Lipinski definition) is 3. The fraction of sp³-hybridized carbons (Fsp3) is 0.462. The van der Waals surface area contributed by atoms with E-state index in [-0.39, 0.29) is 5.91 Å². The highest BCUT2D eigenvalue weighted by Crippen LogP contribution is 2.16. The first-order valence-electron chi connectivity index (χ1n) is 6.12. The van der Waals surface area contributed by atoms with E-state index in [2.05, 4.69) is 10.6 Å². The van der Waals surface area contributed by atoms with E-state index < -0.39 is 25.1 Å². The molecule has 0 saturated heterocycles. The van der Waals surface area contributed by atoms with Crippen LogP contribution in [-0.4, -0.2) is 36.1 Å². The molecule has 0 bridgehead atoms. The highest BCUT2D eigenvalue weighted by Gasteiger charge is 2.25. The van der Waals surface area contributed by atoms with E-state index in [0.29, 0.717) is 13.0 Å². The van der Waals surface area contributed by atoms with Gasteiger partial charge in [-0.25, -0.2) is 8.78 Å². The molecule has 0 radical (unpaired) electrons. The quantitative estimate of drug-likeness (QED) is 0.744. The second-order valence-electron chi connectivity index (χ2n) is 4.55. The standard InChI is InChI=1S/C13H16F2N2O2/c14-12(15)11(18)7-17-13(19)10-5-8-3-1-2-4-9(8)6-16-10/h1-4,10-12,16,18H,5-7H2,(H,17,19)/t10-,11?/m0/s1. The van der Waals surface area contributed by atoms with Gasteiger partial charge in [0.05, 0.1) is 6.04 Å². The van der Waals surface area contributed by atoms with Crippen molar-refractivity contribution in [2.45, 2.75) is 31.5 Å². The number of carbonyl (C=O) groups excluding carboxylic acids is 1. The van der Waals surface area contributed by atoms with Crippen molar-refractivity contribution in [1.29, 1.82) is 0 Å². The summed E-state index contributed by atoms with van der Waals surface area (Å²) in [4.78, 5) is 11.8. The van der Waals surface area contributed by atoms with Crippen LogP contribution in [0.4, 0.5) is 8.78 Å². The van der Waals surface area contributed by atoms with Gasteiger partial charge in [0.15, 0.2) is 0 Å². The van der Waals surface area contributed by atoms with Gasteiger partial charge in [-0.2, -0.15) is 0 Å². The average molecular weight is 270 g/mol. The lowest BCUT2D eigenvalue weighted by Gasteiger charge is -2.25. The van der Waals surface area contributed by atoms with Crippen molar-refractivity contribution in [2.75, 3.05) is 6.54 Å². The van der Waals surface area contributed by atoms with E-state index in [9.17, 15) is 13.6 Å². The first-order valence-corrected chi connectivity index (χ1v) is 6.12. The second-order valence-corrected chi connectivity index (χ2v) is 4.55. The number of halogens is 2. The summed E-state index contributed by atoms with van der Waals surface area (Å²) in [6, 6.07) is 7.32. The number of alkyl halides is 2. The van der Waals surface area contributed by atoms with E-state index >= 15 is 0 Å². The Morgan fingerprint density at radius 3 is 2.79 bits per heavy atom. The largest absolute Gasteiger partial charge is 0.385 e. The molecule has 2 rings (SSSR count). The molecule has 1 aliphatic rings. The van der Waals surface area contributed by atoms with Crippen LogP contribution in [0.3, 0.4) is 0 Å². The number of nitrogens with one attached hydrogen (secondary N) is 2. The zero-order chi connectivity index (χ0) is 13.8. The van der Waals surface area contributed by atoms with Crippen LogP contribution in [0.25, 0.3) is 0 Å². The van der Waals surface area contributed by atoms with Crippen molar-refractivity contribution in [1.82, 2.24) is 10.6 Å². The summed E-state index contributed by atoms with van der Waals surface area (Å²) in [5.41, 5.74) is 2.22. The Morgan fingerprint density at radius 1 is 1.42 bits per heavy atom. The summed E-state index contributed by atoms with van der Waals surface area (Å²) in [6.45, 7) is 0.141. The van der Waals surface area contributed by atoms with Crippen LogP contribution in [0.2, 0.25) is 0 Å². The van der Waals surface area contributed by atoms with Crippen molar-refractivity contribution in [3.8, 4) is 0 Å². The van der Waals surface area contributed by atoms with Gasteiger partial charge < -0.3 is 15.7 Å². The number of hydrogen-bond acceptors (Lipinski definition) is 3. The van der Waals surface area contributed by atoms with Gasteiger partial charge in [-0.15, -0.1) is 0 Å². The molecule has 1 heterocycles. The van der Waals surface area contributed by atoms with Crippen molar-refractivity contribution >= 4 is 5.91 Å². The molecule has 104 valence electrons. The number of rotatable bonds is 4. The molecule has 0 fully saturated rings. The van der Waals surface area contributed by atoms with E-state index in [1.165, 1.54) is 0 Å². The first-order chi connectivity index (χ1) is 9.08. The maximum atomic E-state index is 12.1. The summed E-state index contributed by atoms with van der Waals surface area (Å²) >= 11 is 0. The molecule has 4 nitrogen and oxygen atoms in total. The summed E-state index contributed by atoms with van der Waals surface area (Å²) in [5, 5.41) is 14.3. The normalized spacial score (nSPS) is 19.9. The Hall–Kier alpha value is -1.53. The van der Waals surface area contributed by atoms with Crippen LogP contribution in [0.5, 0.6) is 0 Å². The van der Waals surface area contributed by atoms with Gasteiger partial charge in [-0.1, -0.05) is 24.3 Å². The number of fused-ring (bicyclic) bond motifs is 1. The van der Waals surface area contributed by atoms with Crippen molar-refractivity contribution < 1.29 is 18.7 Å². The van der Waals surface area contributed by atoms with Crippen molar-refractivity contribution in [2.24, 2.45) is 0 Å². The molecule has 19 heavy (non-hydrogen) atoms. The SMILES string of the molecule is O=C(NCC(O)C(F)F)[C@@H]1Cc2ccccc2CN1. The fourth-order valence-corrected chi connectivity index (χ4v) is 2.06. The molecular formula is C13H16F2N2O2. The van der Waals surface area contributed by atoms with Gasteiger partial charge in [0.25, 0.3) is 6.43 Å². The topological polar surface area (TPSA) is 61.4 Å². The fourth-order valence-electron chi connectivity index (χ4n) is 2.06. The maximum absolute atomic E-state index is 12.1. The van der Waals surface area contributed by atoms with E-state index in [1.54, 1.807) is 0 Å². The summed E-state index contributed by atoms with van der Waals surface area (Å²) < 4.78 is 24.2. The molecule has 0 saturated carbocycles.